The Hall–Kier alpha value is -2.19. The van der Waals surface area contributed by atoms with E-state index in [0.717, 1.165) is 29.5 Å². The number of rotatable bonds is 5. The molecule has 1 aromatic carbocycles. The number of hydrogen-bond donors (Lipinski definition) is 1. The van der Waals surface area contributed by atoms with Gasteiger partial charge in [-0.1, -0.05) is 11.6 Å². The smallest absolute Gasteiger partial charge is 0.294 e. The van der Waals surface area contributed by atoms with Crippen LogP contribution in [0.4, 0.5) is 4.79 Å². The van der Waals surface area contributed by atoms with Crippen molar-refractivity contribution in [1.82, 2.24) is 9.80 Å². The molecule has 1 aromatic rings. The molecule has 144 valence electrons. The maximum absolute atomic E-state index is 12.6. The van der Waals surface area contributed by atoms with Crippen LogP contribution in [0.5, 0.6) is 11.5 Å². The normalized spacial score (nSPS) is 18.7. The summed E-state index contributed by atoms with van der Waals surface area (Å²) in [4.78, 5) is 39.8. The molecule has 9 heteroatoms. The van der Waals surface area contributed by atoms with Gasteiger partial charge in [0.25, 0.3) is 11.1 Å². The van der Waals surface area contributed by atoms with Gasteiger partial charge in [0.05, 0.1) is 16.5 Å². The zero-order chi connectivity index (χ0) is 19.6. The average Bonchev–Trinajstić information content (AvgIpc) is 3.24. The minimum atomic E-state index is -0.514. The van der Waals surface area contributed by atoms with E-state index < -0.39 is 11.1 Å². The molecule has 0 atom stereocenters. The molecule has 0 radical (unpaired) electrons. The Morgan fingerprint density at radius 3 is 2.70 bits per heavy atom. The lowest BCUT2D eigenvalue weighted by Gasteiger charge is -2.18. The SMILES string of the molecule is CCOc1cc(/C=C2\SC(=O)N(CC(=O)N3CCCC3)C2=O)cc(Cl)c1O. The maximum Gasteiger partial charge on any atom is 0.294 e. The highest BCUT2D eigenvalue weighted by Gasteiger charge is 2.37. The third kappa shape index (κ3) is 4.22. The van der Waals surface area contributed by atoms with E-state index in [0.29, 0.717) is 25.3 Å². The number of hydrogen-bond acceptors (Lipinski definition) is 6. The first-order valence-electron chi connectivity index (χ1n) is 8.59. The molecular weight excluding hydrogens is 392 g/mol. The summed E-state index contributed by atoms with van der Waals surface area (Å²) in [5.41, 5.74) is 0.512. The lowest BCUT2D eigenvalue weighted by Crippen LogP contribution is -2.40. The van der Waals surface area contributed by atoms with Crippen LogP contribution < -0.4 is 4.74 Å². The van der Waals surface area contributed by atoms with Gasteiger partial charge in [-0.2, -0.15) is 0 Å². The van der Waals surface area contributed by atoms with Crippen LogP contribution in [0.15, 0.2) is 17.0 Å². The van der Waals surface area contributed by atoms with Crippen LogP contribution in [0, 0.1) is 0 Å². The van der Waals surface area contributed by atoms with Crippen LogP contribution in [0.25, 0.3) is 6.08 Å². The molecule has 0 saturated carbocycles. The predicted molar refractivity (Wildman–Crippen MR) is 103 cm³/mol. The summed E-state index contributed by atoms with van der Waals surface area (Å²) >= 11 is 6.77. The van der Waals surface area contributed by atoms with Crippen LogP contribution >= 0.6 is 23.4 Å². The van der Waals surface area contributed by atoms with Crippen molar-refractivity contribution in [2.45, 2.75) is 19.8 Å². The highest BCUT2D eigenvalue weighted by molar-refractivity contribution is 8.18. The van der Waals surface area contributed by atoms with Gasteiger partial charge in [0.15, 0.2) is 11.5 Å². The van der Waals surface area contributed by atoms with Crippen molar-refractivity contribution in [3.63, 3.8) is 0 Å². The van der Waals surface area contributed by atoms with Gasteiger partial charge in [0.1, 0.15) is 6.54 Å². The van der Waals surface area contributed by atoms with E-state index in [-0.39, 0.29) is 33.9 Å². The minimum Gasteiger partial charge on any atom is -0.503 e. The molecule has 0 aliphatic carbocycles. The summed E-state index contributed by atoms with van der Waals surface area (Å²) in [7, 11) is 0. The van der Waals surface area contributed by atoms with Crippen molar-refractivity contribution in [1.29, 1.82) is 0 Å². The van der Waals surface area contributed by atoms with Gasteiger partial charge in [-0.3, -0.25) is 19.3 Å². The molecule has 0 aromatic heterocycles. The highest BCUT2D eigenvalue weighted by atomic mass is 35.5. The standard InChI is InChI=1S/C18H19ClN2O5S/c1-2-26-13-8-11(7-12(19)16(13)23)9-14-17(24)21(18(25)27-14)10-15(22)20-5-3-4-6-20/h7-9,23H,2-6,10H2,1H3/b14-9-. The fourth-order valence-corrected chi connectivity index (χ4v) is 3.99. The van der Waals surface area contributed by atoms with E-state index in [1.54, 1.807) is 11.8 Å². The Morgan fingerprint density at radius 2 is 2.04 bits per heavy atom. The van der Waals surface area contributed by atoms with E-state index in [1.807, 2.05) is 0 Å². The predicted octanol–water partition coefficient (Wildman–Crippen LogP) is 3.10. The van der Waals surface area contributed by atoms with E-state index in [9.17, 15) is 19.5 Å². The van der Waals surface area contributed by atoms with Gasteiger partial charge in [0, 0.05) is 13.1 Å². The maximum atomic E-state index is 12.6. The molecule has 0 bridgehead atoms. The van der Waals surface area contributed by atoms with Crippen molar-refractivity contribution in [2.75, 3.05) is 26.2 Å². The van der Waals surface area contributed by atoms with Crippen LogP contribution in [-0.2, 0) is 9.59 Å². The topological polar surface area (TPSA) is 87.2 Å². The van der Waals surface area contributed by atoms with E-state index in [4.69, 9.17) is 16.3 Å². The number of carbonyl (C=O) groups excluding carboxylic acids is 3. The van der Waals surface area contributed by atoms with Gasteiger partial charge < -0.3 is 14.7 Å². The lowest BCUT2D eigenvalue weighted by molar-refractivity contribution is -0.135. The number of ether oxygens (including phenoxy) is 1. The van der Waals surface area contributed by atoms with Gasteiger partial charge in [-0.15, -0.1) is 0 Å². The number of aromatic hydroxyl groups is 1. The molecule has 2 heterocycles. The Morgan fingerprint density at radius 1 is 1.33 bits per heavy atom. The second-order valence-corrected chi connectivity index (χ2v) is 7.54. The van der Waals surface area contributed by atoms with Crippen LogP contribution in [0.1, 0.15) is 25.3 Å². The van der Waals surface area contributed by atoms with Gasteiger partial charge in [0.2, 0.25) is 5.91 Å². The van der Waals surface area contributed by atoms with Gasteiger partial charge in [-0.05, 0) is 55.3 Å². The van der Waals surface area contributed by atoms with Crippen LogP contribution in [0.2, 0.25) is 5.02 Å². The molecule has 1 N–H and O–H groups in total. The third-order valence-corrected chi connectivity index (χ3v) is 5.47. The summed E-state index contributed by atoms with van der Waals surface area (Å²) < 4.78 is 5.32. The molecule has 3 rings (SSSR count). The van der Waals surface area contributed by atoms with Gasteiger partial charge >= 0.3 is 0 Å². The van der Waals surface area contributed by atoms with Crippen LogP contribution in [0.3, 0.4) is 0 Å². The van der Waals surface area contributed by atoms with E-state index in [2.05, 4.69) is 0 Å². The first-order valence-corrected chi connectivity index (χ1v) is 9.78. The zero-order valence-electron chi connectivity index (χ0n) is 14.7. The molecule has 27 heavy (non-hydrogen) atoms. The summed E-state index contributed by atoms with van der Waals surface area (Å²) in [5.74, 6) is -0.721. The summed E-state index contributed by atoms with van der Waals surface area (Å²) in [5, 5.41) is 9.50. The number of benzene rings is 1. The molecule has 2 aliphatic rings. The average molecular weight is 411 g/mol. The Bertz CT molecular complexity index is 820. The number of thioether (sulfide) groups is 1. The number of imide groups is 1. The fourth-order valence-electron chi connectivity index (χ4n) is 2.93. The second kappa shape index (κ2) is 8.22. The number of phenols is 1. The monoisotopic (exact) mass is 410 g/mol. The molecule has 2 fully saturated rings. The fraction of sp³-hybridized carbons (Fsp3) is 0.389. The Balaban J connectivity index is 1.78. The van der Waals surface area contributed by atoms with E-state index in [1.165, 1.54) is 18.2 Å². The van der Waals surface area contributed by atoms with Crippen molar-refractivity contribution in [2.24, 2.45) is 0 Å². The number of phenolic OH excluding ortho intramolecular Hbond substituents is 1. The molecular formula is C18H19ClN2O5S. The number of carbonyl (C=O) groups is 3. The number of halogens is 1. The molecule has 2 saturated heterocycles. The van der Waals surface area contributed by atoms with Crippen molar-refractivity contribution in [3.8, 4) is 11.5 Å². The summed E-state index contributed by atoms with van der Waals surface area (Å²) in [6.45, 7) is 3.18. The molecule has 0 spiro atoms. The van der Waals surface area contributed by atoms with Gasteiger partial charge in [-0.25, -0.2) is 0 Å². The Kier molecular flexibility index (Phi) is 5.96. The first kappa shape index (κ1) is 19.6. The largest absolute Gasteiger partial charge is 0.503 e. The third-order valence-electron chi connectivity index (χ3n) is 4.27. The van der Waals surface area contributed by atoms with Crippen molar-refractivity contribution in [3.05, 3.63) is 27.6 Å². The van der Waals surface area contributed by atoms with Crippen LogP contribution in [-0.4, -0.2) is 58.2 Å². The van der Waals surface area contributed by atoms with Crippen molar-refractivity contribution >= 4 is 46.5 Å². The molecule has 3 amide bonds. The highest BCUT2D eigenvalue weighted by Crippen LogP contribution is 2.38. The molecule has 0 unspecified atom stereocenters. The Labute approximate surface area is 165 Å². The number of amides is 3. The quantitative estimate of drug-likeness (QED) is 0.750. The first-order chi connectivity index (χ1) is 12.9. The molecule has 2 aliphatic heterocycles. The number of nitrogens with zero attached hydrogens (tertiary/aromatic N) is 2. The van der Waals surface area contributed by atoms with E-state index >= 15 is 0 Å². The van der Waals surface area contributed by atoms with Crippen molar-refractivity contribution < 1.29 is 24.2 Å². The summed E-state index contributed by atoms with van der Waals surface area (Å²) in [6, 6.07) is 3.01. The second-order valence-electron chi connectivity index (χ2n) is 6.14. The molecule has 7 nitrogen and oxygen atoms in total. The minimum absolute atomic E-state index is 0.0793. The zero-order valence-corrected chi connectivity index (χ0v) is 16.3. The number of likely N-dealkylation sites (tertiary alicyclic amines) is 1. The summed E-state index contributed by atoms with van der Waals surface area (Å²) in [6.07, 6.45) is 3.38. The lowest BCUT2D eigenvalue weighted by atomic mass is 10.2.